The van der Waals surface area contributed by atoms with Gasteiger partial charge in [0.05, 0.1) is 19.1 Å². The molecule has 3 fully saturated rings. The van der Waals surface area contributed by atoms with Crippen molar-refractivity contribution in [2.45, 2.75) is 103 Å². The molecule has 0 aromatic heterocycles. The fourth-order valence-electron chi connectivity index (χ4n) is 9.27. The normalized spacial score (nSPS) is 33.4. The van der Waals surface area contributed by atoms with E-state index >= 15 is 0 Å². The number of benzene rings is 1. The molecule has 256 valence electrons. The summed E-state index contributed by atoms with van der Waals surface area (Å²) in [4.78, 5) is 63.4. The van der Waals surface area contributed by atoms with Gasteiger partial charge in [-0.3, -0.25) is 19.2 Å². The van der Waals surface area contributed by atoms with Crippen LogP contribution in [-0.4, -0.2) is 75.7 Å². The zero-order valence-corrected chi connectivity index (χ0v) is 27.5. The number of aliphatic hydroxyl groups is 2. The van der Waals surface area contributed by atoms with Gasteiger partial charge in [0.15, 0.2) is 12.4 Å². The number of phenolic OH excluding ortho intramolecular Hbond substituents is 1. The van der Waals surface area contributed by atoms with Crippen molar-refractivity contribution in [1.29, 1.82) is 0 Å². The van der Waals surface area contributed by atoms with E-state index < -0.39 is 53.4 Å². The maximum atomic E-state index is 13.5. The Morgan fingerprint density at radius 2 is 1.74 bits per heavy atom. The van der Waals surface area contributed by atoms with Crippen LogP contribution in [0.2, 0.25) is 0 Å². The van der Waals surface area contributed by atoms with Gasteiger partial charge in [-0.2, -0.15) is 0 Å². The van der Waals surface area contributed by atoms with E-state index in [0.717, 1.165) is 18.4 Å². The molecule has 0 saturated heterocycles. The average Bonchev–Trinajstić information content (AvgIpc) is 3.30. The van der Waals surface area contributed by atoms with E-state index in [9.17, 15) is 39.3 Å². The predicted molar refractivity (Wildman–Crippen MR) is 169 cm³/mol. The number of aliphatic hydroxyl groups excluding tert-OH is 1. The van der Waals surface area contributed by atoms with Crippen LogP contribution < -0.4 is 5.32 Å². The zero-order valence-electron chi connectivity index (χ0n) is 27.5. The first-order valence-corrected chi connectivity index (χ1v) is 16.8. The molecule has 4 aliphatic rings. The lowest BCUT2D eigenvalue weighted by Crippen LogP contribution is -2.62. The van der Waals surface area contributed by atoms with Gasteiger partial charge in [-0.15, -0.1) is 0 Å². The number of aromatic hydroxyl groups is 1. The Hall–Kier alpha value is -3.57. The summed E-state index contributed by atoms with van der Waals surface area (Å²) < 4.78 is 10.3. The average molecular weight is 654 g/mol. The SMILES string of the molecule is CCOC(=O)[C@H](Cc1ccc(O)cc1)NC(=O)CCC(=O)OCC(=O)[C@@]1(O)CC[C@@H]2[C@@H]3CCC4=CC(=O)CC[C@]4(C)[C@@H]3[C@H](O)C[C@@]21C. The first-order chi connectivity index (χ1) is 22.2. The Labute approximate surface area is 275 Å². The number of fused-ring (bicyclic) bond motifs is 5. The van der Waals surface area contributed by atoms with Crippen LogP contribution in [-0.2, 0) is 39.9 Å². The van der Waals surface area contributed by atoms with Gasteiger partial charge in [-0.1, -0.05) is 31.6 Å². The van der Waals surface area contributed by atoms with Crippen molar-refractivity contribution in [2.24, 2.45) is 28.6 Å². The van der Waals surface area contributed by atoms with Crippen LogP contribution in [0.5, 0.6) is 5.75 Å². The number of hydrogen-bond donors (Lipinski definition) is 4. The summed E-state index contributed by atoms with van der Waals surface area (Å²) in [5, 5.41) is 35.5. The molecular weight excluding hydrogens is 606 g/mol. The third kappa shape index (κ3) is 6.61. The van der Waals surface area contributed by atoms with Crippen LogP contribution in [0.25, 0.3) is 0 Å². The van der Waals surface area contributed by atoms with Crippen molar-refractivity contribution in [3.63, 3.8) is 0 Å². The fraction of sp³-hybridized carbons (Fsp3) is 0.639. The number of Topliss-reactive ketones (excluding diaryl/α,β-unsaturated/α-hetero) is 1. The summed E-state index contributed by atoms with van der Waals surface area (Å²) in [6.45, 7) is 5.13. The molecule has 11 nitrogen and oxygen atoms in total. The number of phenols is 1. The van der Waals surface area contributed by atoms with Gasteiger partial charge in [0, 0.05) is 24.7 Å². The Balaban J connectivity index is 1.16. The summed E-state index contributed by atoms with van der Waals surface area (Å²) in [7, 11) is 0. The largest absolute Gasteiger partial charge is 0.508 e. The molecule has 0 spiro atoms. The molecule has 4 aliphatic carbocycles. The second-order valence-corrected chi connectivity index (χ2v) is 14.3. The number of rotatable bonds is 11. The van der Waals surface area contributed by atoms with Gasteiger partial charge in [0.25, 0.3) is 0 Å². The van der Waals surface area contributed by atoms with Crippen LogP contribution in [0.15, 0.2) is 35.9 Å². The number of allylic oxidation sites excluding steroid dienone is 1. The van der Waals surface area contributed by atoms with Crippen molar-refractivity contribution >= 4 is 29.4 Å². The lowest BCUT2D eigenvalue weighted by atomic mass is 9.45. The van der Waals surface area contributed by atoms with Gasteiger partial charge in [0.2, 0.25) is 11.7 Å². The quantitative estimate of drug-likeness (QED) is 0.260. The van der Waals surface area contributed by atoms with Crippen molar-refractivity contribution in [3.05, 3.63) is 41.5 Å². The predicted octanol–water partition coefficient (Wildman–Crippen LogP) is 3.11. The number of ketones is 2. The van der Waals surface area contributed by atoms with Crippen LogP contribution in [0, 0.1) is 28.6 Å². The standard InChI is InChI=1S/C36H47NO10/c1-4-46-33(44)27(17-21-5-8-23(38)9-6-21)37-30(42)11-12-31(43)47-20-29(41)36(45)16-14-26-25-10-7-22-18-24(39)13-15-34(22,2)32(25)28(40)19-35(26,36)3/h5-6,8-9,18,25-28,32,38,40,45H,4,7,10-17,19-20H2,1-3H3,(H,37,42)/t25-,26+,27-,28+,32-,34-,35-,36-/m0/s1. The maximum Gasteiger partial charge on any atom is 0.328 e. The number of nitrogens with one attached hydrogen (secondary N) is 1. The molecule has 5 rings (SSSR count). The molecule has 0 radical (unpaired) electrons. The van der Waals surface area contributed by atoms with Crippen LogP contribution in [0.3, 0.4) is 0 Å². The Morgan fingerprint density at radius 1 is 1.02 bits per heavy atom. The van der Waals surface area contributed by atoms with Crippen LogP contribution in [0.4, 0.5) is 0 Å². The minimum Gasteiger partial charge on any atom is -0.508 e. The zero-order chi connectivity index (χ0) is 34.1. The van der Waals surface area contributed by atoms with E-state index in [1.54, 1.807) is 25.1 Å². The molecule has 8 atom stereocenters. The first kappa shape index (κ1) is 34.8. The van der Waals surface area contributed by atoms with Crippen molar-refractivity contribution in [1.82, 2.24) is 5.32 Å². The van der Waals surface area contributed by atoms with E-state index in [2.05, 4.69) is 12.2 Å². The number of amides is 1. The van der Waals surface area contributed by atoms with E-state index in [-0.39, 0.29) is 73.4 Å². The topological polar surface area (TPSA) is 177 Å². The van der Waals surface area contributed by atoms with Gasteiger partial charge in [-0.25, -0.2) is 4.79 Å². The van der Waals surface area contributed by atoms with Crippen LogP contribution >= 0.6 is 0 Å². The third-order valence-corrected chi connectivity index (χ3v) is 11.7. The molecule has 47 heavy (non-hydrogen) atoms. The minimum atomic E-state index is -1.78. The van der Waals surface area contributed by atoms with E-state index in [4.69, 9.17) is 9.47 Å². The third-order valence-electron chi connectivity index (χ3n) is 11.7. The van der Waals surface area contributed by atoms with Crippen molar-refractivity contribution in [2.75, 3.05) is 13.2 Å². The Bertz CT molecular complexity index is 1440. The van der Waals surface area contributed by atoms with Gasteiger partial charge in [-0.05, 0) is 92.4 Å². The lowest BCUT2D eigenvalue weighted by Gasteiger charge is -2.60. The monoisotopic (exact) mass is 653 g/mol. The maximum absolute atomic E-state index is 13.5. The van der Waals surface area contributed by atoms with E-state index in [1.807, 2.05) is 6.92 Å². The molecule has 11 heteroatoms. The molecule has 1 aromatic rings. The highest BCUT2D eigenvalue weighted by molar-refractivity contribution is 5.92. The number of esters is 2. The molecule has 0 aliphatic heterocycles. The summed E-state index contributed by atoms with van der Waals surface area (Å²) >= 11 is 0. The van der Waals surface area contributed by atoms with Gasteiger partial charge >= 0.3 is 11.9 Å². The highest BCUT2D eigenvalue weighted by Gasteiger charge is 2.68. The van der Waals surface area contributed by atoms with Gasteiger partial charge < -0.3 is 30.1 Å². The molecule has 1 aromatic carbocycles. The summed E-state index contributed by atoms with van der Waals surface area (Å²) in [5.41, 5.74) is -1.17. The van der Waals surface area contributed by atoms with E-state index in [0.29, 0.717) is 24.8 Å². The molecule has 3 saturated carbocycles. The summed E-state index contributed by atoms with van der Waals surface area (Å²) in [6.07, 6.45) is 4.24. The molecule has 0 bridgehead atoms. The summed E-state index contributed by atoms with van der Waals surface area (Å²) in [5.74, 6) is -2.40. The highest BCUT2D eigenvalue weighted by atomic mass is 16.5. The second kappa shape index (κ2) is 13.5. The van der Waals surface area contributed by atoms with Crippen LogP contribution in [0.1, 0.15) is 84.1 Å². The van der Waals surface area contributed by atoms with Gasteiger partial charge in [0.1, 0.15) is 17.4 Å². The molecule has 1 amide bonds. The number of hydrogen-bond acceptors (Lipinski definition) is 10. The number of carbonyl (C=O) groups is 5. The lowest BCUT2D eigenvalue weighted by molar-refractivity contribution is -0.184. The number of ether oxygens (including phenoxy) is 2. The van der Waals surface area contributed by atoms with Crippen molar-refractivity contribution < 1.29 is 48.8 Å². The minimum absolute atomic E-state index is 0.00540. The van der Waals surface area contributed by atoms with E-state index in [1.165, 1.54) is 12.1 Å². The fourth-order valence-corrected chi connectivity index (χ4v) is 9.27. The molecule has 0 unspecified atom stereocenters. The molecular formula is C36H47NO10. The van der Waals surface area contributed by atoms with Crippen molar-refractivity contribution in [3.8, 4) is 5.75 Å². The second-order valence-electron chi connectivity index (χ2n) is 14.3. The smallest absolute Gasteiger partial charge is 0.328 e. The Kier molecular flexibility index (Phi) is 9.99. The number of carbonyl (C=O) groups excluding carboxylic acids is 5. The first-order valence-electron chi connectivity index (χ1n) is 16.8. The Morgan fingerprint density at radius 3 is 2.45 bits per heavy atom. The molecule has 4 N–H and O–H groups in total. The molecule has 0 heterocycles. The summed E-state index contributed by atoms with van der Waals surface area (Å²) in [6, 6.07) is 5.18. The highest BCUT2D eigenvalue weighted by Crippen LogP contribution is 2.67.